The number of fused-ring (bicyclic) bond motifs is 1. The number of nitrogen functional groups attached to an aromatic ring is 1. The topological polar surface area (TPSA) is 58.9 Å². The molecule has 112 valence electrons. The molecule has 3 aromatic rings. The second kappa shape index (κ2) is 4.91. The SMILES string of the molecule is Nc1c(C(=O)c2ccc(C(F)(F)F)cc2)[nH]c2ccccc12. The number of para-hydroxylation sites is 1. The van der Waals surface area contributed by atoms with E-state index in [4.69, 9.17) is 5.73 Å². The zero-order valence-electron chi connectivity index (χ0n) is 11.2. The predicted octanol–water partition coefficient (Wildman–Crippen LogP) is 4.00. The molecule has 3 N–H and O–H groups in total. The van der Waals surface area contributed by atoms with Gasteiger partial charge in [0.1, 0.15) is 5.69 Å². The highest BCUT2D eigenvalue weighted by Gasteiger charge is 2.30. The van der Waals surface area contributed by atoms with E-state index in [9.17, 15) is 18.0 Å². The van der Waals surface area contributed by atoms with Crippen LogP contribution in [0, 0.1) is 0 Å². The first-order valence-corrected chi connectivity index (χ1v) is 6.46. The smallest absolute Gasteiger partial charge is 0.396 e. The number of hydrogen-bond acceptors (Lipinski definition) is 2. The average molecular weight is 304 g/mol. The molecule has 0 saturated heterocycles. The van der Waals surface area contributed by atoms with Crippen LogP contribution in [0.15, 0.2) is 48.5 Å². The predicted molar refractivity (Wildman–Crippen MR) is 77.6 cm³/mol. The van der Waals surface area contributed by atoms with E-state index in [0.717, 1.165) is 24.3 Å². The van der Waals surface area contributed by atoms with E-state index in [1.807, 2.05) is 0 Å². The van der Waals surface area contributed by atoms with Crippen LogP contribution in [0.5, 0.6) is 0 Å². The Balaban J connectivity index is 2.01. The maximum Gasteiger partial charge on any atom is 0.416 e. The van der Waals surface area contributed by atoms with Crippen molar-refractivity contribution in [3.05, 3.63) is 65.4 Å². The van der Waals surface area contributed by atoms with E-state index >= 15 is 0 Å². The molecule has 0 fully saturated rings. The van der Waals surface area contributed by atoms with Crippen LogP contribution in [0.3, 0.4) is 0 Å². The van der Waals surface area contributed by atoms with Crippen LogP contribution < -0.4 is 5.73 Å². The molecule has 0 spiro atoms. The molecule has 6 heteroatoms. The van der Waals surface area contributed by atoms with Gasteiger partial charge in [-0.25, -0.2) is 0 Å². The van der Waals surface area contributed by atoms with Crippen LogP contribution in [0.2, 0.25) is 0 Å². The molecule has 0 aliphatic heterocycles. The van der Waals surface area contributed by atoms with E-state index < -0.39 is 17.5 Å². The van der Waals surface area contributed by atoms with Crippen LogP contribution in [-0.2, 0) is 6.18 Å². The molecule has 3 rings (SSSR count). The lowest BCUT2D eigenvalue weighted by molar-refractivity contribution is -0.137. The van der Waals surface area contributed by atoms with Crippen molar-refractivity contribution in [1.29, 1.82) is 0 Å². The quantitative estimate of drug-likeness (QED) is 0.703. The molecule has 0 atom stereocenters. The largest absolute Gasteiger partial charge is 0.416 e. The number of anilines is 1. The zero-order valence-corrected chi connectivity index (χ0v) is 11.2. The monoisotopic (exact) mass is 304 g/mol. The molecule has 1 heterocycles. The molecule has 22 heavy (non-hydrogen) atoms. The summed E-state index contributed by atoms with van der Waals surface area (Å²) in [5, 5.41) is 0.706. The van der Waals surface area contributed by atoms with Gasteiger partial charge in [0.25, 0.3) is 0 Å². The number of halogens is 3. The van der Waals surface area contributed by atoms with Crippen molar-refractivity contribution < 1.29 is 18.0 Å². The standard InChI is InChI=1S/C16H11F3N2O/c17-16(18,19)10-7-5-9(6-8-10)15(22)14-13(20)11-3-1-2-4-12(11)21-14/h1-8,21H,20H2. The summed E-state index contributed by atoms with van der Waals surface area (Å²) in [4.78, 5) is 15.3. The Morgan fingerprint density at radius 3 is 2.23 bits per heavy atom. The molecule has 0 radical (unpaired) electrons. The van der Waals surface area contributed by atoms with Crippen LogP contribution in [-0.4, -0.2) is 10.8 Å². The summed E-state index contributed by atoms with van der Waals surface area (Å²) in [6.45, 7) is 0. The highest BCUT2D eigenvalue weighted by atomic mass is 19.4. The molecule has 2 aromatic carbocycles. The molecule has 0 aliphatic rings. The number of alkyl halides is 3. The molecular weight excluding hydrogens is 293 g/mol. The fourth-order valence-corrected chi connectivity index (χ4v) is 2.30. The Morgan fingerprint density at radius 1 is 1.00 bits per heavy atom. The number of ketones is 1. The summed E-state index contributed by atoms with van der Waals surface area (Å²) < 4.78 is 37.6. The van der Waals surface area contributed by atoms with Crippen LogP contribution in [0.4, 0.5) is 18.9 Å². The van der Waals surface area contributed by atoms with Crippen molar-refractivity contribution in [3.8, 4) is 0 Å². The molecule has 0 bridgehead atoms. The maximum atomic E-state index is 12.5. The van der Waals surface area contributed by atoms with Gasteiger partial charge in [-0.15, -0.1) is 0 Å². The van der Waals surface area contributed by atoms with Crippen molar-refractivity contribution in [1.82, 2.24) is 4.98 Å². The molecule has 0 aliphatic carbocycles. The molecule has 0 amide bonds. The molecule has 1 aromatic heterocycles. The third-order valence-electron chi connectivity index (χ3n) is 3.45. The zero-order chi connectivity index (χ0) is 15.9. The van der Waals surface area contributed by atoms with Gasteiger partial charge in [0.15, 0.2) is 0 Å². The van der Waals surface area contributed by atoms with Crippen molar-refractivity contribution in [3.63, 3.8) is 0 Å². The summed E-state index contributed by atoms with van der Waals surface area (Å²) in [6.07, 6.45) is -4.43. The van der Waals surface area contributed by atoms with Crippen LogP contribution >= 0.6 is 0 Å². The second-order valence-electron chi connectivity index (χ2n) is 4.86. The van der Waals surface area contributed by atoms with E-state index in [-0.39, 0.29) is 11.3 Å². The summed E-state index contributed by atoms with van der Waals surface area (Å²) in [5.74, 6) is -0.442. The maximum absolute atomic E-state index is 12.5. The number of aromatic amines is 1. The van der Waals surface area contributed by atoms with Gasteiger partial charge in [-0.05, 0) is 18.2 Å². The van der Waals surface area contributed by atoms with Crippen LogP contribution in [0.1, 0.15) is 21.6 Å². The average Bonchev–Trinajstić information content (AvgIpc) is 2.83. The number of carbonyl (C=O) groups excluding carboxylic acids is 1. The number of nitrogens with two attached hydrogens (primary N) is 1. The first-order chi connectivity index (χ1) is 10.4. The first-order valence-electron chi connectivity index (χ1n) is 6.46. The summed E-state index contributed by atoms with van der Waals surface area (Å²) in [5.41, 5.74) is 6.47. The van der Waals surface area contributed by atoms with Crippen molar-refractivity contribution in [2.75, 3.05) is 5.73 Å². The lowest BCUT2D eigenvalue weighted by Crippen LogP contribution is -2.08. The van der Waals surface area contributed by atoms with E-state index in [1.54, 1.807) is 24.3 Å². The number of aromatic nitrogens is 1. The summed E-state index contributed by atoms with van der Waals surface area (Å²) in [7, 11) is 0. The van der Waals surface area contributed by atoms with Crippen molar-refractivity contribution in [2.24, 2.45) is 0 Å². The number of nitrogens with one attached hydrogen (secondary N) is 1. The van der Waals surface area contributed by atoms with Gasteiger partial charge in [0.2, 0.25) is 5.78 Å². The van der Waals surface area contributed by atoms with Gasteiger partial charge in [-0.3, -0.25) is 4.79 Å². The Hall–Kier alpha value is -2.76. The van der Waals surface area contributed by atoms with Crippen molar-refractivity contribution >= 4 is 22.4 Å². The normalized spacial score (nSPS) is 11.8. The second-order valence-corrected chi connectivity index (χ2v) is 4.86. The highest BCUT2D eigenvalue weighted by Crippen LogP contribution is 2.30. The lowest BCUT2D eigenvalue weighted by Gasteiger charge is -2.07. The van der Waals surface area contributed by atoms with Crippen molar-refractivity contribution in [2.45, 2.75) is 6.18 Å². The number of carbonyl (C=O) groups is 1. The number of H-pyrrole nitrogens is 1. The third-order valence-corrected chi connectivity index (χ3v) is 3.45. The van der Waals surface area contributed by atoms with Gasteiger partial charge in [-0.1, -0.05) is 30.3 Å². The van der Waals surface area contributed by atoms with Gasteiger partial charge >= 0.3 is 6.18 Å². The van der Waals surface area contributed by atoms with Gasteiger partial charge in [0.05, 0.1) is 11.3 Å². The number of hydrogen-bond donors (Lipinski definition) is 2. The Kier molecular flexibility index (Phi) is 3.16. The highest BCUT2D eigenvalue weighted by molar-refractivity contribution is 6.15. The minimum atomic E-state index is -4.43. The lowest BCUT2D eigenvalue weighted by atomic mass is 10.0. The van der Waals surface area contributed by atoms with Gasteiger partial charge in [0, 0.05) is 16.5 Å². The number of rotatable bonds is 2. The van der Waals surface area contributed by atoms with Crippen LogP contribution in [0.25, 0.3) is 10.9 Å². The molecule has 0 saturated carbocycles. The van der Waals surface area contributed by atoms with E-state index in [2.05, 4.69) is 4.98 Å². The van der Waals surface area contributed by atoms with Gasteiger partial charge < -0.3 is 10.7 Å². The first kappa shape index (κ1) is 14.2. The van der Waals surface area contributed by atoms with Gasteiger partial charge in [-0.2, -0.15) is 13.2 Å². The molecule has 3 nitrogen and oxygen atoms in total. The summed E-state index contributed by atoms with van der Waals surface area (Å²) >= 11 is 0. The Morgan fingerprint density at radius 2 is 1.64 bits per heavy atom. The Bertz CT molecular complexity index is 848. The van der Waals surface area contributed by atoms with E-state index in [0.29, 0.717) is 16.6 Å². The minimum Gasteiger partial charge on any atom is -0.396 e. The number of benzene rings is 2. The van der Waals surface area contributed by atoms with E-state index in [1.165, 1.54) is 0 Å². The third kappa shape index (κ3) is 2.32. The fourth-order valence-electron chi connectivity index (χ4n) is 2.30. The molecule has 0 unspecified atom stereocenters. The Labute approximate surface area is 123 Å². The molecular formula is C16H11F3N2O. The summed E-state index contributed by atoms with van der Waals surface area (Å²) in [6, 6.07) is 11.2. The fraction of sp³-hybridized carbons (Fsp3) is 0.0625. The minimum absolute atomic E-state index is 0.145.